The number of piperidine rings is 1. The lowest BCUT2D eigenvalue weighted by Crippen LogP contribution is -3.12. The Labute approximate surface area is 173 Å². The van der Waals surface area contributed by atoms with Crippen LogP contribution in [0.2, 0.25) is 0 Å². The molecule has 0 radical (unpaired) electrons. The highest BCUT2D eigenvalue weighted by Gasteiger charge is 2.24. The number of likely N-dealkylation sites (N-methyl/N-ethyl adjacent to an activating group) is 1. The summed E-state index contributed by atoms with van der Waals surface area (Å²) in [6.07, 6.45) is 4.23. The van der Waals surface area contributed by atoms with Crippen LogP contribution in [0.25, 0.3) is 0 Å². The molecular formula is C23H33N3OS+2. The third kappa shape index (κ3) is 6.66. The fraction of sp³-hybridized carbons (Fsp3) is 0.435. The topological polar surface area (TPSA) is 38.0 Å². The van der Waals surface area contributed by atoms with E-state index in [-0.39, 0.29) is 5.91 Å². The molecule has 1 aliphatic rings. The summed E-state index contributed by atoms with van der Waals surface area (Å²) in [6.45, 7) is 4.75. The average molecular weight is 400 g/mol. The molecule has 0 bridgehead atoms. The monoisotopic (exact) mass is 399 g/mol. The summed E-state index contributed by atoms with van der Waals surface area (Å²) in [5.74, 6) is 0.176. The van der Waals surface area contributed by atoms with Crippen molar-refractivity contribution in [3.63, 3.8) is 0 Å². The molecule has 0 spiro atoms. The summed E-state index contributed by atoms with van der Waals surface area (Å²) in [5, 5.41) is 3.26. The van der Waals surface area contributed by atoms with Gasteiger partial charge in [-0.05, 0) is 18.4 Å². The zero-order chi connectivity index (χ0) is 19.8. The van der Waals surface area contributed by atoms with E-state index in [4.69, 9.17) is 0 Å². The molecule has 1 aliphatic heterocycles. The predicted molar refractivity (Wildman–Crippen MR) is 116 cm³/mol. The van der Waals surface area contributed by atoms with Gasteiger partial charge in [0.2, 0.25) is 0 Å². The lowest BCUT2D eigenvalue weighted by molar-refractivity contribution is -0.918. The first-order valence-corrected chi connectivity index (χ1v) is 11.5. The number of quaternary nitrogens is 2. The van der Waals surface area contributed by atoms with Crippen molar-refractivity contribution < 1.29 is 14.6 Å². The average Bonchev–Trinajstić information content (AvgIpc) is 2.70. The van der Waals surface area contributed by atoms with Gasteiger partial charge in [-0.2, -0.15) is 0 Å². The largest absolute Gasteiger partial charge is 0.348 e. The lowest BCUT2D eigenvalue weighted by Gasteiger charge is -2.30. The molecule has 1 unspecified atom stereocenters. The van der Waals surface area contributed by atoms with E-state index >= 15 is 0 Å². The summed E-state index contributed by atoms with van der Waals surface area (Å²) < 4.78 is 0. The van der Waals surface area contributed by atoms with Crippen molar-refractivity contribution in [2.24, 2.45) is 0 Å². The Bertz CT molecular complexity index is 727. The fourth-order valence-electron chi connectivity index (χ4n) is 3.94. The molecule has 28 heavy (non-hydrogen) atoms. The quantitative estimate of drug-likeness (QED) is 0.574. The van der Waals surface area contributed by atoms with E-state index in [9.17, 15) is 4.79 Å². The summed E-state index contributed by atoms with van der Waals surface area (Å²) in [6, 6.07) is 19.7. The third-order valence-corrected chi connectivity index (χ3v) is 6.23. The minimum Gasteiger partial charge on any atom is -0.348 e. The Hall–Kier alpha value is -1.82. The number of rotatable bonds is 8. The number of likely N-dealkylation sites (tertiary alicyclic amines) is 1. The Morgan fingerprint density at radius 2 is 1.75 bits per heavy atom. The van der Waals surface area contributed by atoms with E-state index in [0.29, 0.717) is 12.6 Å². The lowest BCUT2D eigenvalue weighted by atomic mass is 10.0. The van der Waals surface area contributed by atoms with Gasteiger partial charge in [0.25, 0.3) is 5.91 Å². The number of hydrogen-bond acceptors (Lipinski definition) is 2. The van der Waals surface area contributed by atoms with Gasteiger partial charge in [-0.25, -0.2) is 0 Å². The Balaban J connectivity index is 1.36. The number of amides is 1. The van der Waals surface area contributed by atoms with Crippen LogP contribution in [0.3, 0.4) is 0 Å². The number of thioether (sulfide) groups is 1. The van der Waals surface area contributed by atoms with Gasteiger partial charge in [0.15, 0.2) is 6.54 Å². The van der Waals surface area contributed by atoms with Gasteiger partial charge in [0.05, 0.1) is 20.1 Å². The third-order valence-electron chi connectivity index (χ3n) is 5.48. The normalized spacial score (nSPS) is 20.5. The number of nitrogens with one attached hydrogen (secondary N) is 3. The highest BCUT2D eigenvalue weighted by molar-refractivity contribution is 7.98. The van der Waals surface area contributed by atoms with Crippen LogP contribution in [0.15, 0.2) is 59.5 Å². The van der Waals surface area contributed by atoms with Crippen LogP contribution in [-0.4, -0.2) is 44.9 Å². The number of carbonyl (C=O) groups excluding carboxylic acids is 1. The van der Waals surface area contributed by atoms with Crippen LogP contribution in [0, 0.1) is 0 Å². The minimum absolute atomic E-state index is 0.176. The van der Waals surface area contributed by atoms with Crippen LogP contribution in [-0.2, 0) is 17.9 Å². The van der Waals surface area contributed by atoms with Crippen molar-refractivity contribution in [1.29, 1.82) is 0 Å². The number of carbonyl (C=O) groups is 1. The molecule has 1 atom stereocenters. The molecule has 150 valence electrons. The SMILES string of the molecule is CSc1ccc(C[NH+](C)CC(=O)NC2CC[NH+](Cc3ccccc3)CC2)cc1. The smallest absolute Gasteiger partial charge is 0.275 e. The molecule has 5 heteroatoms. The number of benzene rings is 2. The Morgan fingerprint density at radius 3 is 2.39 bits per heavy atom. The summed E-state index contributed by atoms with van der Waals surface area (Å²) in [4.78, 5) is 16.6. The molecular weight excluding hydrogens is 366 g/mol. The standard InChI is InChI=1S/C23H31N3OS/c1-25(16-20-8-10-22(28-2)11-9-20)18-23(27)24-21-12-14-26(15-13-21)17-19-6-4-3-5-7-19/h3-11,21H,12-18H2,1-2H3,(H,24,27)/p+2. The zero-order valence-corrected chi connectivity index (χ0v) is 17.9. The molecule has 0 aromatic heterocycles. The molecule has 4 nitrogen and oxygen atoms in total. The molecule has 1 heterocycles. The molecule has 1 fully saturated rings. The van der Waals surface area contributed by atoms with Crippen LogP contribution < -0.4 is 15.1 Å². The van der Waals surface area contributed by atoms with E-state index in [2.05, 4.69) is 73.2 Å². The van der Waals surface area contributed by atoms with Gasteiger partial charge in [-0.15, -0.1) is 11.8 Å². The second kappa shape index (κ2) is 10.6. The van der Waals surface area contributed by atoms with Gasteiger partial charge < -0.3 is 15.1 Å². The van der Waals surface area contributed by atoms with Gasteiger partial charge in [-0.3, -0.25) is 4.79 Å². The van der Waals surface area contributed by atoms with Crippen LogP contribution in [0.1, 0.15) is 24.0 Å². The number of hydrogen-bond donors (Lipinski definition) is 3. The van der Waals surface area contributed by atoms with Crippen molar-refractivity contribution in [3.8, 4) is 0 Å². The fourth-order valence-corrected chi connectivity index (χ4v) is 4.35. The molecule has 1 amide bonds. The molecule has 3 rings (SSSR count). The molecule has 1 saturated heterocycles. The highest BCUT2D eigenvalue weighted by atomic mass is 32.2. The minimum atomic E-state index is 0.176. The van der Waals surface area contributed by atoms with Crippen LogP contribution in [0.4, 0.5) is 0 Å². The molecule has 2 aromatic carbocycles. The first kappa shape index (κ1) is 20.9. The van der Waals surface area contributed by atoms with Crippen molar-refractivity contribution in [1.82, 2.24) is 5.32 Å². The Kier molecular flexibility index (Phi) is 7.95. The van der Waals surface area contributed by atoms with Crippen LogP contribution >= 0.6 is 11.8 Å². The first-order chi connectivity index (χ1) is 13.6. The summed E-state index contributed by atoms with van der Waals surface area (Å²) >= 11 is 1.75. The maximum Gasteiger partial charge on any atom is 0.275 e. The van der Waals surface area contributed by atoms with Gasteiger partial charge in [0, 0.05) is 34.9 Å². The van der Waals surface area contributed by atoms with Crippen LogP contribution in [0.5, 0.6) is 0 Å². The van der Waals surface area contributed by atoms with Crippen molar-refractivity contribution in [2.45, 2.75) is 36.9 Å². The summed E-state index contributed by atoms with van der Waals surface area (Å²) in [5.41, 5.74) is 2.68. The maximum atomic E-state index is 12.4. The van der Waals surface area contributed by atoms with Crippen molar-refractivity contribution in [3.05, 3.63) is 65.7 Å². The maximum absolute atomic E-state index is 12.4. The van der Waals surface area contributed by atoms with Gasteiger partial charge >= 0.3 is 0 Å². The Morgan fingerprint density at radius 1 is 1.07 bits per heavy atom. The molecule has 3 N–H and O–H groups in total. The van der Waals surface area contributed by atoms with Crippen molar-refractivity contribution in [2.75, 3.05) is 32.9 Å². The second-order valence-corrected chi connectivity index (χ2v) is 8.79. The molecule has 0 aliphatic carbocycles. The van der Waals surface area contributed by atoms with E-state index in [0.717, 1.165) is 39.0 Å². The first-order valence-electron chi connectivity index (χ1n) is 10.2. The van der Waals surface area contributed by atoms with E-state index < -0.39 is 0 Å². The van der Waals surface area contributed by atoms with E-state index in [1.165, 1.54) is 20.9 Å². The second-order valence-electron chi connectivity index (χ2n) is 7.91. The van der Waals surface area contributed by atoms with E-state index in [1.54, 1.807) is 16.7 Å². The zero-order valence-electron chi connectivity index (χ0n) is 17.0. The summed E-state index contributed by atoms with van der Waals surface area (Å²) in [7, 11) is 2.09. The predicted octanol–water partition coefficient (Wildman–Crippen LogP) is 0.787. The molecule has 2 aromatic rings. The van der Waals surface area contributed by atoms with Gasteiger partial charge in [0.1, 0.15) is 13.1 Å². The highest BCUT2D eigenvalue weighted by Crippen LogP contribution is 2.14. The molecule has 0 saturated carbocycles. The van der Waals surface area contributed by atoms with Gasteiger partial charge in [-0.1, -0.05) is 42.5 Å². The van der Waals surface area contributed by atoms with E-state index in [1.807, 2.05) is 0 Å². The van der Waals surface area contributed by atoms with Crippen molar-refractivity contribution >= 4 is 17.7 Å².